The molecule has 0 aliphatic carbocycles. The van der Waals surface area contributed by atoms with Gasteiger partial charge in [0.1, 0.15) is 18.1 Å². The van der Waals surface area contributed by atoms with Crippen molar-refractivity contribution in [1.29, 1.82) is 0 Å². The van der Waals surface area contributed by atoms with Gasteiger partial charge in [0.15, 0.2) is 5.76 Å². The van der Waals surface area contributed by atoms with Crippen molar-refractivity contribution in [3.63, 3.8) is 0 Å². The molecule has 1 heterocycles. The van der Waals surface area contributed by atoms with Gasteiger partial charge in [0.05, 0.1) is 5.56 Å². The van der Waals surface area contributed by atoms with Crippen molar-refractivity contribution < 1.29 is 23.8 Å². The summed E-state index contributed by atoms with van der Waals surface area (Å²) in [6.45, 7) is 0.200. The first kappa shape index (κ1) is 16.3. The van der Waals surface area contributed by atoms with E-state index in [0.717, 1.165) is 0 Å². The van der Waals surface area contributed by atoms with E-state index >= 15 is 0 Å². The van der Waals surface area contributed by atoms with Crippen LogP contribution in [0.15, 0.2) is 71.1 Å². The van der Waals surface area contributed by atoms with Gasteiger partial charge in [-0.25, -0.2) is 4.79 Å². The largest absolute Gasteiger partial charge is 0.486 e. The third-order valence-electron chi connectivity index (χ3n) is 3.38. The normalized spacial score (nSPS) is 10.2. The molecule has 126 valence electrons. The SMILES string of the molecule is O=C(O)c1cccc(NC(=O)c2ccc(COc3ccccc3)o2)c1. The third-order valence-corrected chi connectivity index (χ3v) is 3.38. The fourth-order valence-electron chi connectivity index (χ4n) is 2.17. The van der Waals surface area contributed by atoms with Crippen molar-refractivity contribution in [2.75, 3.05) is 5.32 Å². The van der Waals surface area contributed by atoms with Crippen molar-refractivity contribution in [3.8, 4) is 5.75 Å². The molecular weight excluding hydrogens is 322 g/mol. The molecule has 3 aromatic rings. The molecule has 0 saturated heterocycles. The Morgan fingerprint density at radius 3 is 2.56 bits per heavy atom. The molecule has 0 bridgehead atoms. The maximum Gasteiger partial charge on any atom is 0.335 e. The molecule has 1 aromatic heterocycles. The quantitative estimate of drug-likeness (QED) is 0.714. The summed E-state index contributed by atoms with van der Waals surface area (Å²) in [6.07, 6.45) is 0. The third kappa shape index (κ3) is 4.26. The van der Waals surface area contributed by atoms with Crippen molar-refractivity contribution in [1.82, 2.24) is 0 Å². The molecule has 0 fully saturated rings. The van der Waals surface area contributed by atoms with Crippen LogP contribution in [0, 0.1) is 0 Å². The Balaban J connectivity index is 1.62. The van der Waals surface area contributed by atoms with E-state index in [-0.39, 0.29) is 17.9 Å². The van der Waals surface area contributed by atoms with Crippen molar-refractivity contribution >= 4 is 17.6 Å². The van der Waals surface area contributed by atoms with Crippen LogP contribution in [0.4, 0.5) is 5.69 Å². The van der Waals surface area contributed by atoms with Gasteiger partial charge >= 0.3 is 5.97 Å². The average molecular weight is 337 g/mol. The number of furan rings is 1. The summed E-state index contributed by atoms with van der Waals surface area (Å²) in [4.78, 5) is 23.1. The van der Waals surface area contributed by atoms with Crippen LogP contribution in [0.2, 0.25) is 0 Å². The number of carbonyl (C=O) groups is 2. The van der Waals surface area contributed by atoms with Crippen LogP contribution < -0.4 is 10.1 Å². The number of carboxylic acids is 1. The Morgan fingerprint density at radius 1 is 1.00 bits per heavy atom. The standard InChI is InChI=1S/C19H15NO5/c21-18(20-14-6-4-5-13(11-14)19(22)23)17-10-9-16(25-17)12-24-15-7-2-1-3-8-15/h1-11H,12H2,(H,20,21)(H,22,23). The van der Waals surface area contributed by atoms with E-state index in [1.54, 1.807) is 24.3 Å². The van der Waals surface area contributed by atoms with Crippen LogP contribution in [0.3, 0.4) is 0 Å². The molecule has 2 aromatic carbocycles. The van der Waals surface area contributed by atoms with Gasteiger partial charge in [0.2, 0.25) is 0 Å². The maximum atomic E-state index is 12.2. The monoisotopic (exact) mass is 337 g/mol. The molecule has 3 rings (SSSR count). The van der Waals surface area contributed by atoms with Crippen LogP contribution >= 0.6 is 0 Å². The number of carbonyl (C=O) groups excluding carboxylic acids is 1. The van der Waals surface area contributed by atoms with Crippen LogP contribution in [-0.4, -0.2) is 17.0 Å². The van der Waals surface area contributed by atoms with Gasteiger partial charge in [-0.15, -0.1) is 0 Å². The van der Waals surface area contributed by atoms with Gasteiger partial charge in [0.25, 0.3) is 5.91 Å². The molecule has 0 aliphatic heterocycles. The first-order valence-electron chi connectivity index (χ1n) is 7.53. The summed E-state index contributed by atoms with van der Waals surface area (Å²) in [7, 11) is 0. The lowest BCUT2D eigenvalue weighted by Crippen LogP contribution is -2.11. The second kappa shape index (κ2) is 7.35. The zero-order valence-electron chi connectivity index (χ0n) is 13.1. The molecule has 0 aliphatic rings. The number of ether oxygens (including phenoxy) is 1. The van der Waals surface area contributed by atoms with E-state index in [9.17, 15) is 9.59 Å². The lowest BCUT2D eigenvalue weighted by Gasteiger charge is -2.05. The van der Waals surface area contributed by atoms with Crippen molar-refractivity contribution in [2.45, 2.75) is 6.61 Å². The van der Waals surface area contributed by atoms with Gasteiger partial charge in [-0.3, -0.25) is 4.79 Å². The number of nitrogens with one attached hydrogen (secondary N) is 1. The summed E-state index contributed by atoms with van der Waals surface area (Å²) < 4.78 is 11.0. The summed E-state index contributed by atoms with van der Waals surface area (Å²) in [5.41, 5.74) is 0.470. The maximum absolute atomic E-state index is 12.2. The Labute approximate surface area is 143 Å². The smallest absolute Gasteiger partial charge is 0.335 e. The van der Waals surface area contributed by atoms with E-state index in [1.165, 1.54) is 12.1 Å². The fourth-order valence-corrected chi connectivity index (χ4v) is 2.17. The Morgan fingerprint density at radius 2 is 1.80 bits per heavy atom. The minimum atomic E-state index is -1.06. The van der Waals surface area contributed by atoms with E-state index in [4.69, 9.17) is 14.3 Å². The number of benzene rings is 2. The Bertz CT molecular complexity index is 886. The number of anilines is 1. The van der Waals surface area contributed by atoms with E-state index in [0.29, 0.717) is 17.2 Å². The number of carboxylic acid groups (broad SMARTS) is 1. The second-order valence-electron chi connectivity index (χ2n) is 5.21. The molecule has 0 unspecified atom stereocenters. The highest BCUT2D eigenvalue weighted by atomic mass is 16.5. The lowest BCUT2D eigenvalue weighted by molar-refractivity contribution is 0.0696. The van der Waals surface area contributed by atoms with Crippen LogP contribution in [-0.2, 0) is 6.61 Å². The topological polar surface area (TPSA) is 88.8 Å². The van der Waals surface area contributed by atoms with Crippen LogP contribution in [0.1, 0.15) is 26.7 Å². The minimum absolute atomic E-state index is 0.0918. The predicted octanol–water partition coefficient (Wildman–Crippen LogP) is 3.81. The molecule has 6 heteroatoms. The highest BCUT2D eigenvalue weighted by Crippen LogP contribution is 2.16. The van der Waals surface area contributed by atoms with Crippen LogP contribution in [0.25, 0.3) is 0 Å². The predicted molar refractivity (Wildman–Crippen MR) is 90.8 cm³/mol. The van der Waals surface area contributed by atoms with Gasteiger partial charge in [-0.2, -0.15) is 0 Å². The number of aromatic carboxylic acids is 1. The van der Waals surface area contributed by atoms with E-state index < -0.39 is 11.9 Å². The molecule has 1 amide bonds. The van der Waals surface area contributed by atoms with Gasteiger partial charge in [0, 0.05) is 5.69 Å². The summed E-state index contributed by atoms with van der Waals surface area (Å²) in [5.74, 6) is -0.195. The molecule has 6 nitrogen and oxygen atoms in total. The first-order chi connectivity index (χ1) is 12.1. The summed E-state index contributed by atoms with van der Waals surface area (Å²) >= 11 is 0. The number of amides is 1. The van der Waals surface area contributed by atoms with Gasteiger partial charge < -0.3 is 19.6 Å². The zero-order valence-corrected chi connectivity index (χ0v) is 13.1. The lowest BCUT2D eigenvalue weighted by atomic mass is 10.2. The molecular formula is C19H15NO5. The zero-order chi connectivity index (χ0) is 17.6. The first-order valence-corrected chi connectivity index (χ1v) is 7.53. The molecule has 0 atom stereocenters. The van der Waals surface area contributed by atoms with Gasteiger partial charge in [-0.05, 0) is 42.5 Å². The number of para-hydroxylation sites is 1. The summed E-state index contributed by atoms with van der Waals surface area (Å²) in [5, 5.41) is 11.6. The number of rotatable bonds is 6. The molecule has 0 radical (unpaired) electrons. The summed E-state index contributed by atoms with van der Waals surface area (Å²) in [6, 6.07) is 18.5. The van der Waals surface area contributed by atoms with E-state index in [1.807, 2.05) is 30.3 Å². The highest BCUT2D eigenvalue weighted by Gasteiger charge is 2.13. The van der Waals surface area contributed by atoms with Crippen molar-refractivity contribution in [2.24, 2.45) is 0 Å². The number of hydrogen-bond donors (Lipinski definition) is 2. The molecule has 25 heavy (non-hydrogen) atoms. The average Bonchev–Trinajstić information content (AvgIpc) is 3.10. The van der Waals surface area contributed by atoms with Crippen LogP contribution in [0.5, 0.6) is 5.75 Å². The van der Waals surface area contributed by atoms with E-state index in [2.05, 4.69) is 5.32 Å². The Hall–Kier alpha value is -3.54. The minimum Gasteiger partial charge on any atom is -0.486 e. The molecule has 0 spiro atoms. The van der Waals surface area contributed by atoms with Crippen molar-refractivity contribution in [3.05, 3.63) is 83.8 Å². The molecule has 2 N–H and O–H groups in total. The highest BCUT2D eigenvalue weighted by molar-refractivity contribution is 6.02. The molecule has 0 saturated carbocycles. The fraction of sp³-hybridized carbons (Fsp3) is 0.0526. The Kier molecular flexibility index (Phi) is 4.80. The second-order valence-corrected chi connectivity index (χ2v) is 5.21. The number of hydrogen-bond acceptors (Lipinski definition) is 4. The van der Waals surface area contributed by atoms with Gasteiger partial charge in [-0.1, -0.05) is 24.3 Å².